The Morgan fingerprint density at radius 2 is 2.11 bits per heavy atom. The monoisotopic (exact) mass is 364 g/mol. The van der Waals surface area contributed by atoms with Crippen molar-refractivity contribution in [2.24, 2.45) is 7.05 Å². The van der Waals surface area contributed by atoms with E-state index in [4.69, 9.17) is 0 Å². The fourth-order valence-electron chi connectivity index (χ4n) is 3.78. The van der Waals surface area contributed by atoms with E-state index < -0.39 is 0 Å². The summed E-state index contributed by atoms with van der Waals surface area (Å²) in [6.07, 6.45) is 9.04. The lowest BCUT2D eigenvalue weighted by molar-refractivity contribution is 0.0714. The average Bonchev–Trinajstić information content (AvgIpc) is 3.41. The molecule has 3 heterocycles. The van der Waals surface area contributed by atoms with Crippen LogP contribution in [0.2, 0.25) is 0 Å². The minimum atomic E-state index is 0.0238. The number of carbonyl (C=O) groups excluding carboxylic acids is 1. The van der Waals surface area contributed by atoms with E-state index in [1.165, 1.54) is 5.56 Å². The molecule has 140 valence electrons. The Morgan fingerprint density at radius 3 is 2.89 bits per heavy atom. The van der Waals surface area contributed by atoms with Gasteiger partial charge in [-0.15, -0.1) is 10.2 Å². The smallest absolute Gasteiger partial charge is 0.290 e. The van der Waals surface area contributed by atoms with Crippen molar-refractivity contribution in [2.75, 3.05) is 6.54 Å². The van der Waals surface area contributed by atoms with Crippen LogP contribution in [-0.4, -0.2) is 47.7 Å². The van der Waals surface area contributed by atoms with E-state index in [0.29, 0.717) is 5.82 Å². The van der Waals surface area contributed by atoms with E-state index in [-0.39, 0.29) is 11.9 Å². The van der Waals surface area contributed by atoms with Crippen molar-refractivity contribution in [3.05, 3.63) is 66.3 Å². The zero-order valence-corrected chi connectivity index (χ0v) is 15.5. The molecule has 1 atom stereocenters. The first-order chi connectivity index (χ1) is 13.2. The molecule has 2 aromatic heterocycles. The summed E-state index contributed by atoms with van der Waals surface area (Å²) in [6, 6.07) is 10.5. The molecule has 1 unspecified atom stereocenters. The van der Waals surface area contributed by atoms with E-state index in [0.717, 1.165) is 44.6 Å². The highest BCUT2D eigenvalue weighted by atomic mass is 16.2. The molecule has 3 aromatic rings. The van der Waals surface area contributed by atoms with Crippen molar-refractivity contribution in [1.29, 1.82) is 0 Å². The van der Waals surface area contributed by atoms with Crippen molar-refractivity contribution in [3.63, 3.8) is 0 Å². The summed E-state index contributed by atoms with van der Waals surface area (Å²) in [5.74, 6) is 1.50. The second kappa shape index (κ2) is 7.73. The van der Waals surface area contributed by atoms with E-state index in [1.807, 2.05) is 36.3 Å². The highest BCUT2D eigenvalue weighted by Crippen LogP contribution is 2.23. The number of likely N-dealkylation sites (tertiary alicyclic amines) is 1. The zero-order chi connectivity index (χ0) is 18.6. The van der Waals surface area contributed by atoms with Gasteiger partial charge < -0.3 is 14.0 Å². The molecule has 1 amide bonds. The molecule has 1 aliphatic heterocycles. The largest absolute Gasteiger partial charge is 0.333 e. The van der Waals surface area contributed by atoms with Crippen LogP contribution in [0.5, 0.6) is 0 Å². The number of aromatic nitrogens is 5. The van der Waals surface area contributed by atoms with Gasteiger partial charge in [0.2, 0.25) is 0 Å². The Bertz CT molecular complexity index is 900. The van der Waals surface area contributed by atoms with E-state index >= 15 is 0 Å². The molecule has 1 aliphatic rings. The van der Waals surface area contributed by atoms with Crippen molar-refractivity contribution in [1.82, 2.24) is 29.2 Å². The number of amides is 1. The van der Waals surface area contributed by atoms with E-state index in [9.17, 15) is 4.79 Å². The Morgan fingerprint density at radius 1 is 1.26 bits per heavy atom. The maximum atomic E-state index is 12.8. The molecule has 4 rings (SSSR count). The fraction of sp³-hybridized carbons (Fsp3) is 0.400. The van der Waals surface area contributed by atoms with Gasteiger partial charge in [-0.1, -0.05) is 30.3 Å². The third-order valence-electron chi connectivity index (χ3n) is 5.24. The molecule has 1 saturated heterocycles. The second-order valence-corrected chi connectivity index (χ2v) is 7.06. The van der Waals surface area contributed by atoms with Gasteiger partial charge >= 0.3 is 0 Å². The van der Waals surface area contributed by atoms with E-state index in [1.54, 1.807) is 17.1 Å². The van der Waals surface area contributed by atoms with Gasteiger partial charge in [-0.2, -0.15) is 0 Å². The number of benzene rings is 1. The Balaban J connectivity index is 1.41. The highest BCUT2D eigenvalue weighted by Gasteiger charge is 2.31. The van der Waals surface area contributed by atoms with Crippen LogP contribution < -0.4 is 0 Å². The lowest BCUT2D eigenvalue weighted by Crippen LogP contribution is -2.37. The molecule has 0 bridgehead atoms. The lowest BCUT2D eigenvalue weighted by Gasteiger charge is -2.24. The van der Waals surface area contributed by atoms with Gasteiger partial charge in [-0.3, -0.25) is 4.79 Å². The molecule has 27 heavy (non-hydrogen) atoms. The highest BCUT2D eigenvalue weighted by molar-refractivity contribution is 5.91. The summed E-state index contributed by atoms with van der Waals surface area (Å²) in [6.45, 7) is 1.57. The summed E-state index contributed by atoms with van der Waals surface area (Å²) in [5.41, 5.74) is 1.23. The molecule has 0 radical (unpaired) electrons. The summed E-state index contributed by atoms with van der Waals surface area (Å²) >= 11 is 0. The third kappa shape index (κ3) is 3.77. The Labute approximate surface area is 158 Å². The quantitative estimate of drug-likeness (QED) is 0.673. The van der Waals surface area contributed by atoms with Gasteiger partial charge in [0.05, 0.1) is 6.54 Å². The molecule has 7 nitrogen and oxygen atoms in total. The molecule has 0 saturated carbocycles. The number of imidazole rings is 1. The minimum absolute atomic E-state index is 0.0238. The first-order valence-corrected chi connectivity index (χ1v) is 9.41. The van der Waals surface area contributed by atoms with Gasteiger partial charge in [-0.25, -0.2) is 4.98 Å². The number of carbonyl (C=O) groups is 1. The van der Waals surface area contributed by atoms with Gasteiger partial charge in [-0.05, 0) is 24.8 Å². The van der Waals surface area contributed by atoms with Gasteiger partial charge in [0, 0.05) is 38.4 Å². The number of hydrogen-bond donors (Lipinski definition) is 0. The van der Waals surface area contributed by atoms with Crippen molar-refractivity contribution >= 4 is 5.91 Å². The topological polar surface area (TPSA) is 68.8 Å². The standard InChI is InChI=1S/C20H24N6O/c1-24-13-11-21-19(24)20(27)26-12-5-8-17(26)9-10-18-23-22-15-25(18)14-16-6-3-2-4-7-16/h2-4,6-7,11,13,15,17H,5,8-10,12,14H2,1H3. The molecular weight excluding hydrogens is 340 g/mol. The predicted octanol–water partition coefficient (Wildman–Crippen LogP) is 2.30. The summed E-state index contributed by atoms with van der Waals surface area (Å²) in [4.78, 5) is 19.0. The van der Waals surface area contributed by atoms with E-state index in [2.05, 4.69) is 31.9 Å². The average molecular weight is 364 g/mol. The van der Waals surface area contributed by atoms with Crippen LogP contribution in [0.25, 0.3) is 0 Å². The van der Waals surface area contributed by atoms with Gasteiger partial charge in [0.25, 0.3) is 5.91 Å². The third-order valence-corrected chi connectivity index (χ3v) is 5.24. The van der Waals surface area contributed by atoms with Crippen LogP contribution >= 0.6 is 0 Å². The van der Waals surface area contributed by atoms with Crippen molar-refractivity contribution in [3.8, 4) is 0 Å². The zero-order valence-electron chi connectivity index (χ0n) is 15.5. The molecule has 0 N–H and O–H groups in total. The molecule has 1 fully saturated rings. The van der Waals surface area contributed by atoms with Crippen LogP contribution in [0.3, 0.4) is 0 Å². The molecular formula is C20H24N6O. The first-order valence-electron chi connectivity index (χ1n) is 9.41. The number of rotatable bonds is 6. The minimum Gasteiger partial charge on any atom is -0.333 e. The number of aryl methyl sites for hydroxylation is 2. The predicted molar refractivity (Wildman–Crippen MR) is 101 cm³/mol. The van der Waals surface area contributed by atoms with Gasteiger partial charge in [0.15, 0.2) is 5.82 Å². The van der Waals surface area contributed by atoms with Crippen molar-refractivity contribution < 1.29 is 4.79 Å². The van der Waals surface area contributed by atoms with Gasteiger partial charge in [0.1, 0.15) is 12.2 Å². The lowest BCUT2D eigenvalue weighted by atomic mass is 10.1. The molecule has 7 heteroatoms. The normalized spacial score (nSPS) is 16.8. The van der Waals surface area contributed by atoms with Crippen LogP contribution in [0.15, 0.2) is 49.1 Å². The SMILES string of the molecule is Cn1ccnc1C(=O)N1CCCC1CCc1nncn1Cc1ccccc1. The Hall–Kier alpha value is -2.96. The number of hydrogen-bond acceptors (Lipinski definition) is 4. The summed E-state index contributed by atoms with van der Waals surface area (Å²) in [5, 5.41) is 8.39. The molecule has 0 aliphatic carbocycles. The van der Waals surface area contributed by atoms with Crippen LogP contribution in [0, 0.1) is 0 Å². The number of nitrogens with zero attached hydrogens (tertiary/aromatic N) is 6. The second-order valence-electron chi connectivity index (χ2n) is 7.06. The van der Waals surface area contributed by atoms with Crippen LogP contribution in [0.1, 0.15) is 41.3 Å². The maximum absolute atomic E-state index is 12.8. The van der Waals surface area contributed by atoms with Crippen LogP contribution in [-0.2, 0) is 20.0 Å². The van der Waals surface area contributed by atoms with Crippen molar-refractivity contribution in [2.45, 2.75) is 38.3 Å². The van der Waals surface area contributed by atoms with Crippen LogP contribution in [0.4, 0.5) is 0 Å². The fourth-order valence-corrected chi connectivity index (χ4v) is 3.78. The maximum Gasteiger partial charge on any atom is 0.290 e. The summed E-state index contributed by atoms with van der Waals surface area (Å²) < 4.78 is 3.88. The molecule has 1 aromatic carbocycles. The summed E-state index contributed by atoms with van der Waals surface area (Å²) in [7, 11) is 1.86. The first kappa shape index (κ1) is 17.5. The Kier molecular flexibility index (Phi) is 5.00. The molecule has 0 spiro atoms.